The van der Waals surface area contributed by atoms with Crippen LogP contribution in [-0.4, -0.2) is 13.2 Å². The molecule has 1 rings (SSSR count). The normalized spacial score (nSPS) is 10.7. The molecular weight excluding hydrogens is 236 g/mol. The number of benzene rings is 1. The summed E-state index contributed by atoms with van der Waals surface area (Å²) in [4.78, 5) is 0. The monoisotopic (exact) mass is 264 g/mol. The topological polar surface area (TPSA) is 47.3 Å². The summed E-state index contributed by atoms with van der Waals surface area (Å²) < 4.78 is 5.62. The van der Waals surface area contributed by atoms with E-state index in [1.807, 2.05) is 18.2 Å². The number of hydrogen-bond acceptors (Lipinski definition) is 3. The zero-order chi connectivity index (χ0) is 14.1. The standard InChI is InChI=1S/C16H28N2O/c1-4-12-19-15-10-7-9-14(16(15)17)18-11-6-5-8-13(2)3/h7,9-10,13,18H,4-6,8,11-12,17H2,1-3H3. The third-order valence-corrected chi connectivity index (χ3v) is 3.05. The Balaban J connectivity index is 2.40. The Bertz CT molecular complexity index is 364. The summed E-state index contributed by atoms with van der Waals surface area (Å²) in [5.41, 5.74) is 7.81. The van der Waals surface area contributed by atoms with E-state index in [-0.39, 0.29) is 0 Å². The van der Waals surface area contributed by atoms with E-state index in [0.717, 1.165) is 36.0 Å². The van der Waals surface area contributed by atoms with E-state index in [4.69, 9.17) is 10.5 Å². The van der Waals surface area contributed by atoms with Crippen LogP contribution in [0.15, 0.2) is 18.2 Å². The predicted molar refractivity (Wildman–Crippen MR) is 83.8 cm³/mol. The molecular formula is C16H28N2O. The van der Waals surface area contributed by atoms with Gasteiger partial charge in [0.25, 0.3) is 0 Å². The smallest absolute Gasteiger partial charge is 0.144 e. The lowest BCUT2D eigenvalue weighted by Gasteiger charge is -2.13. The van der Waals surface area contributed by atoms with Gasteiger partial charge in [-0.25, -0.2) is 0 Å². The van der Waals surface area contributed by atoms with E-state index in [0.29, 0.717) is 6.61 Å². The van der Waals surface area contributed by atoms with Crippen LogP contribution in [0.1, 0.15) is 46.5 Å². The van der Waals surface area contributed by atoms with Crippen LogP contribution < -0.4 is 15.8 Å². The summed E-state index contributed by atoms with van der Waals surface area (Å²) in [6.45, 7) is 8.29. The van der Waals surface area contributed by atoms with Gasteiger partial charge in [-0.1, -0.05) is 39.7 Å². The Kier molecular flexibility index (Phi) is 7.16. The van der Waals surface area contributed by atoms with Gasteiger partial charge >= 0.3 is 0 Å². The van der Waals surface area contributed by atoms with Gasteiger partial charge in [-0.15, -0.1) is 0 Å². The number of nitrogens with one attached hydrogen (secondary N) is 1. The third kappa shape index (κ3) is 5.86. The molecule has 0 spiro atoms. The van der Waals surface area contributed by atoms with Gasteiger partial charge in [-0.2, -0.15) is 0 Å². The molecule has 0 unspecified atom stereocenters. The number of nitrogens with two attached hydrogens (primary N) is 1. The van der Waals surface area contributed by atoms with E-state index < -0.39 is 0 Å². The van der Waals surface area contributed by atoms with Gasteiger partial charge in [0, 0.05) is 6.54 Å². The van der Waals surface area contributed by atoms with E-state index in [1.54, 1.807) is 0 Å². The average Bonchev–Trinajstić information content (AvgIpc) is 2.38. The second kappa shape index (κ2) is 8.68. The van der Waals surface area contributed by atoms with Crippen LogP contribution in [0.4, 0.5) is 11.4 Å². The fraction of sp³-hybridized carbons (Fsp3) is 0.625. The van der Waals surface area contributed by atoms with E-state index in [2.05, 4.69) is 26.1 Å². The Morgan fingerprint density at radius 1 is 1.26 bits per heavy atom. The van der Waals surface area contributed by atoms with Crippen molar-refractivity contribution in [3.05, 3.63) is 18.2 Å². The molecule has 0 aromatic heterocycles. The van der Waals surface area contributed by atoms with Crippen molar-refractivity contribution in [1.82, 2.24) is 0 Å². The molecule has 1 aromatic rings. The maximum Gasteiger partial charge on any atom is 0.144 e. The highest BCUT2D eigenvalue weighted by atomic mass is 16.5. The average molecular weight is 264 g/mol. The SMILES string of the molecule is CCCOc1cccc(NCCCCC(C)C)c1N. The van der Waals surface area contributed by atoms with Gasteiger partial charge in [-0.05, 0) is 30.9 Å². The minimum atomic E-state index is 0.710. The molecule has 19 heavy (non-hydrogen) atoms. The Labute approximate surface area is 117 Å². The second-order valence-electron chi connectivity index (χ2n) is 5.38. The van der Waals surface area contributed by atoms with E-state index >= 15 is 0 Å². The molecule has 108 valence electrons. The highest BCUT2D eigenvalue weighted by molar-refractivity contribution is 5.72. The second-order valence-corrected chi connectivity index (χ2v) is 5.38. The minimum absolute atomic E-state index is 0.710. The van der Waals surface area contributed by atoms with E-state index in [1.165, 1.54) is 19.3 Å². The number of unbranched alkanes of at least 4 members (excludes halogenated alkanes) is 1. The lowest BCUT2D eigenvalue weighted by molar-refractivity contribution is 0.319. The van der Waals surface area contributed by atoms with Gasteiger partial charge in [0.1, 0.15) is 5.75 Å². The summed E-state index contributed by atoms with van der Waals surface area (Å²) in [6.07, 6.45) is 4.72. The number of nitrogen functional groups attached to an aromatic ring is 1. The summed E-state index contributed by atoms with van der Waals surface area (Å²) in [5.74, 6) is 1.57. The van der Waals surface area contributed by atoms with Gasteiger partial charge < -0.3 is 15.8 Å². The molecule has 0 bridgehead atoms. The van der Waals surface area contributed by atoms with Crippen molar-refractivity contribution in [1.29, 1.82) is 0 Å². The summed E-state index contributed by atoms with van der Waals surface area (Å²) in [5, 5.41) is 3.40. The van der Waals surface area contributed by atoms with Crippen molar-refractivity contribution in [2.75, 3.05) is 24.2 Å². The molecule has 0 aliphatic heterocycles. The Morgan fingerprint density at radius 3 is 2.74 bits per heavy atom. The lowest BCUT2D eigenvalue weighted by atomic mass is 10.1. The molecule has 0 fully saturated rings. The molecule has 0 saturated carbocycles. The first kappa shape index (κ1) is 15.7. The summed E-state index contributed by atoms with van der Waals surface area (Å²) in [7, 11) is 0. The first-order chi connectivity index (χ1) is 9.15. The molecule has 3 N–H and O–H groups in total. The van der Waals surface area contributed by atoms with Crippen molar-refractivity contribution in [2.24, 2.45) is 5.92 Å². The van der Waals surface area contributed by atoms with Crippen LogP contribution in [-0.2, 0) is 0 Å². The van der Waals surface area contributed by atoms with E-state index in [9.17, 15) is 0 Å². The number of para-hydroxylation sites is 1. The first-order valence-electron chi connectivity index (χ1n) is 7.40. The van der Waals surface area contributed by atoms with Crippen molar-refractivity contribution < 1.29 is 4.74 Å². The highest BCUT2D eigenvalue weighted by Crippen LogP contribution is 2.29. The number of rotatable bonds is 9. The van der Waals surface area contributed by atoms with Crippen LogP contribution >= 0.6 is 0 Å². The molecule has 0 atom stereocenters. The lowest BCUT2D eigenvalue weighted by Crippen LogP contribution is -2.06. The largest absolute Gasteiger partial charge is 0.491 e. The molecule has 0 amide bonds. The maximum atomic E-state index is 6.10. The molecule has 0 heterocycles. The van der Waals surface area contributed by atoms with Crippen molar-refractivity contribution in [2.45, 2.75) is 46.5 Å². The molecule has 3 nitrogen and oxygen atoms in total. The van der Waals surface area contributed by atoms with Crippen LogP contribution in [0.5, 0.6) is 5.75 Å². The highest BCUT2D eigenvalue weighted by Gasteiger charge is 2.05. The fourth-order valence-corrected chi connectivity index (χ4v) is 1.94. The number of hydrogen-bond donors (Lipinski definition) is 2. The van der Waals surface area contributed by atoms with Crippen LogP contribution in [0.3, 0.4) is 0 Å². The third-order valence-electron chi connectivity index (χ3n) is 3.05. The Hall–Kier alpha value is -1.38. The minimum Gasteiger partial charge on any atom is -0.491 e. The summed E-state index contributed by atoms with van der Waals surface area (Å²) in [6, 6.07) is 5.92. The van der Waals surface area contributed by atoms with Gasteiger partial charge in [-0.3, -0.25) is 0 Å². The predicted octanol–water partition coefficient (Wildman–Crippen LogP) is 4.30. The zero-order valence-electron chi connectivity index (χ0n) is 12.5. The van der Waals surface area contributed by atoms with Crippen molar-refractivity contribution >= 4 is 11.4 Å². The molecule has 0 aliphatic carbocycles. The number of ether oxygens (including phenoxy) is 1. The molecule has 0 aliphatic rings. The van der Waals surface area contributed by atoms with Gasteiger partial charge in [0.2, 0.25) is 0 Å². The molecule has 1 aromatic carbocycles. The fourth-order valence-electron chi connectivity index (χ4n) is 1.94. The van der Waals surface area contributed by atoms with Gasteiger partial charge in [0.15, 0.2) is 0 Å². The summed E-state index contributed by atoms with van der Waals surface area (Å²) >= 11 is 0. The molecule has 3 heteroatoms. The van der Waals surface area contributed by atoms with Crippen LogP contribution in [0.2, 0.25) is 0 Å². The zero-order valence-corrected chi connectivity index (χ0v) is 12.5. The molecule has 0 saturated heterocycles. The maximum absolute atomic E-state index is 6.10. The quantitative estimate of drug-likeness (QED) is 0.516. The van der Waals surface area contributed by atoms with Crippen molar-refractivity contribution in [3.8, 4) is 5.75 Å². The van der Waals surface area contributed by atoms with Crippen LogP contribution in [0.25, 0.3) is 0 Å². The van der Waals surface area contributed by atoms with Crippen LogP contribution in [0, 0.1) is 5.92 Å². The van der Waals surface area contributed by atoms with Crippen molar-refractivity contribution in [3.63, 3.8) is 0 Å². The van der Waals surface area contributed by atoms with Gasteiger partial charge in [0.05, 0.1) is 18.0 Å². The first-order valence-corrected chi connectivity index (χ1v) is 7.40. The molecule has 0 radical (unpaired) electrons. The Morgan fingerprint density at radius 2 is 2.05 bits per heavy atom. The number of anilines is 2.